The van der Waals surface area contributed by atoms with Crippen LogP contribution in [0, 0.1) is 10.7 Å². The molecule has 7 aromatic rings. The Hall–Kier alpha value is -1.84. The van der Waals surface area contributed by atoms with Crippen molar-refractivity contribution in [1.82, 2.24) is 6.15 Å². The summed E-state index contributed by atoms with van der Waals surface area (Å²) in [7, 11) is 0. The molecule has 0 fully saturated rings. The van der Waals surface area contributed by atoms with Gasteiger partial charge in [-0.05, 0) is 223 Å². The third-order valence-electron chi connectivity index (χ3n) is 9.48. The van der Waals surface area contributed by atoms with Crippen molar-refractivity contribution in [2.75, 3.05) is 11.1 Å². The zero-order valence-electron chi connectivity index (χ0n) is 41.5. The number of ether oxygens (including phenoxy) is 1. The van der Waals surface area contributed by atoms with E-state index in [1.54, 1.807) is 42.5 Å². The average molecular weight is 1880 g/mol. The molecule has 13 nitrogen and oxygen atoms in total. The van der Waals surface area contributed by atoms with Gasteiger partial charge in [0.1, 0.15) is 11.5 Å². The summed E-state index contributed by atoms with van der Waals surface area (Å²) >= 11 is 29.8. The molecule has 0 aromatic heterocycles. The molecule has 1 amide bonds. The minimum atomic E-state index is -0.875. The van der Waals surface area contributed by atoms with Gasteiger partial charge in [-0.3, -0.25) is 24.0 Å². The molecule has 7 aromatic carbocycles. The molecular weight excluding hydrogens is 1830 g/mol. The van der Waals surface area contributed by atoms with E-state index in [0.29, 0.717) is 29.0 Å². The van der Waals surface area contributed by atoms with Gasteiger partial charge < -0.3 is 42.7 Å². The molecule has 0 atom stereocenters. The maximum atomic E-state index is 12.2. The van der Waals surface area contributed by atoms with Crippen LogP contribution >= 0.6 is 179 Å². The van der Waals surface area contributed by atoms with Gasteiger partial charge in [0.25, 0.3) is 0 Å². The first-order valence-electron chi connectivity index (χ1n) is 21.8. The predicted octanol–water partition coefficient (Wildman–Crippen LogP) is 14.8. The number of halogens is 10. The molecule has 0 spiro atoms. The number of hydrogen-bond acceptors (Lipinski definition) is 10. The quantitative estimate of drug-likeness (QED) is 0.0187. The molecule has 1 aliphatic heterocycles. The average Bonchev–Trinajstić information content (AvgIpc) is 3.71. The second-order valence-corrected chi connectivity index (χ2v) is 25.0. The maximum absolute atomic E-state index is 12.2. The van der Waals surface area contributed by atoms with Gasteiger partial charge in [0.15, 0.2) is 5.78 Å². The molecule has 0 radical (unpaired) electrons. The summed E-state index contributed by atoms with van der Waals surface area (Å²) in [5, 5.41) is 29.6. The summed E-state index contributed by atoms with van der Waals surface area (Å²) in [6.07, 6.45) is 1.08. The van der Waals surface area contributed by atoms with Gasteiger partial charge >= 0.3 is 47.5 Å². The zero-order valence-corrected chi connectivity index (χ0v) is 61.1. The third kappa shape index (κ3) is 30.0. The number of carbonyl (C=O) groups excluding carboxylic acids is 3. The number of rotatable bonds is 10. The minimum Gasteiger partial charge on any atom is -0.870 e. The Bertz CT molecular complexity index is 3100. The number of phenolic OH excluding ortho intramolecular Hbond substituents is 1. The van der Waals surface area contributed by atoms with E-state index in [2.05, 4.69) is 185 Å². The Morgan fingerprint density at radius 2 is 0.975 bits per heavy atom. The molecule has 0 saturated heterocycles. The van der Waals surface area contributed by atoms with Crippen LogP contribution in [-0.4, -0.2) is 50.4 Å². The van der Waals surface area contributed by atoms with Gasteiger partial charge in [-0.2, -0.15) is 0 Å². The van der Waals surface area contributed by atoms with Crippen molar-refractivity contribution in [3.8, 4) is 11.5 Å². The summed E-state index contributed by atoms with van der Waals surface area (Å²) in [6.45, 7) is 4.00. The first-order chi connectivity index (χ1) is 35.4. The van der Waals surface area contributed by atoms with E-state index in [-0.39, 0.29) is 97.7 Å². The Labute approximate surface area is 582 Å². The first-order valence-corrected chi connectivity index (χ1v) is 30.6. The molecule has 0 bridgehead atoms. The number of phenols is 1. The van der Waals surface area contributed by atoms with Gasteiger partial charge in [0, 0.05) is 59.8 Å². The molecular formula is C55H52Br7I3N3NaO10. The number of ketones is 1. The number of fused-ring (bicyclic) bond motifs is 1. The van der Waals surface area contributed by atoms with Crippen molar-refractivity contribution >= 4 is 220 Å². The first kappa shape index (κ1) is 79.2. The van der Waals surface area contributed by atoms with E-state index < -0.39 is 11.9 Å². The Balaban J connectivity index is 0. The van der Waals surface area contributed by atoms with E-state index >= 15 is 0 Å². The summed E-state index contributed by atoms with van der Waals surface area (Å²) < 4.78 is 14.7. The molecule has 1 heterocycles. The topological polar surface area (TPSA) is 258 Å². The van der Waals surface area contributed by atoms with Gasteiger partial charge in [-0.1, -0.05) is 139 Å². The Kier molecular flexibility index (Phi) is 41.3. The number of aromatic hydroxyl groups is 1. The van der Waals surface area contributed by atoms with Crippen molar-refractivity contribution < 1.29 is 79.1 Å². The molecule has 0 saturated carbocycles. The molecule has 8 rings (SSSR count). The number of nitrogen functional groups attached to an aromatic ring is 1. The van der Waals surface area contributed by atoms with Crippen LogP contribution in [0.4, 0.5) is 11.4 Å². The van der Waals surface area contributed by atoms with Crippen molar-refractivity contribution in [2.45, 2.75) is 53.4 Å². The Morgan fingerprint density at radius 3 is 1.47 bits per heavy atom. The number of esters is 1. The number of hydrogen-bond donors (Lipinski definition) is 6. The van der Waals surface area contributed by atoms with Crippen LogP contribution in [0.3, 0.4) is 0 Å². The zero-order chi connectivity index (χ0) is 55.9. The van der Waals surface area contributed by atoms with E-state index in [9.17, 15) is 29.1 Å². The van der Waals surface area contributed by atoms with Gasteiger partial charge in [-0.25, -0.2) is 0 Å². The number of carbonyl (C=O) groups is 5. The van der Waals surface area contributed by atoms with Crippen molar-refractivity contribution in [3.05, 3.63) is 209 Å². The fraction of sp³-hybridized carbons (Fsp3) is 0.145. The summed E-state index contributed by atoms with van der Waals surface area (Å²) in [5.41, 5.74) is 11.8. The second kappa shape index (κ2) is 41.2. The predicted molar refractivity (Wildman–Crippen MR) is 361 cm³/mol. The molecule has 418 valence electrons. The SMILES string of the molecule is C.CC.N.Nc1ccc(Br)cc1CC(=O)O.O=C(Cc1cc(Br)ccc1I)Oc1cccc(Br)c1.O=C(Cc1cc(Br)ccc1I)c1ccc(Br)cc1O.O=C(O)Cc1cc(Br)ccc1I.O=C1Cc2cc(Br)ccc2N1.[Na+].[OH-]. The van der Waals surface area contributed by atoms with Crippen LogP contribution in [0.1, 0.15) is 59.4 Å². The number of amides is 1. The summed E-state index contributed by atoms with van der Waals surface area (Å²) in [4.78, 5) is 55.8. The van der Waals surface area contributed by atoms with E-state index in [0.717, 1.165) is 70.0 Å². The number of aliphatic carboxylic acids is 2. The molecule has 10 N–H and O–H groups in total. The van der Waals surface area contributed by atoms with E-state index in [1.807, 2.05) is 98.8 Å². The molecule has 79 heavy (non-hydrogen) atoms. The largest absolute Gasteiger partial charge is 1.00 e. The number of carboxylic acid groups (broad SMARTS) is 2. The minimum absolute atomic E-state index is 0. The van der Waals surface area contributed by atoms with Crippen LogP contribution in [0.2, 0.25) is 0 Å². The number of nitrogens with two attached hydrogens (primary N) is 1. The number of carboxylic acids is 2. The fourth-order valence-corrected chi connectivity index (χ4v) is 10.5. The normalized spacial score (nSPS) is 10.1. The van der Waals surface area contributed by atoms with Crippen LogP contribution < -0.4 is 51.5 Å². The van der Waals surface area contributed by atoms with Gasteiger partial charge in [0.2, 0.25) is 5.91 Å². The van der Waals surface area contributed by atoms with Crippen LogP contribution in [0.5, 0.6) is 11.5 Å². The number of anilines is 2. The molecule has 0 unspecified atom stereocenters. The van der Waals surface area contributed by atoms with E-state index in [1.165, 1.54) is 6.07 Å². The van der Waals surface area contributed by atoms with Crippen molar-refractivity contribution in [2.24, 2.45) is 0 Å². The third-order valence-corrected chi connectivity index (χ3v) is 16.1. The summed E-state index contributed by atoms with van der Waals surface area (Å²) in [6, 6.07) is 40.4. The molecule has 1 aliphatic rings. The van der Waals surface area contributed by atoms with Crippen molar-refractivity contribution in [3.63, 3.8) is 0 Å². The molecule has 24 heteroatoms. The van der Waals surface area contributed by atoms with Gasteiger partial charge in [0.05, 0.1) is 31.2 Å². The second-order valence-electron chi connectivity index (χ2n) is 15.1. The maximum Gasteiger partial charge on any atom is 1.00 e. The smallest absolute Gasteiger partial charge is 0.870 e. The number of benzene rings is 7. The van der Waals surface area contributed by atoms with Crippen LogP contribution in [0.15, 0.2) is 165 Å². The van der Waals surface area contributed by atoms with Crippen LogP contribution in [0.25, 0.3) is 0 Å². The summed E-state index contributed by atoms with van der Waals surface area (Å²) in [5.74, 6) is -1.41. The van der Waals surface area contributed by atoms with Crippen molar-refractivity contribution in [1.29, 1.82) is 0 Å². The monoisotopic (exact) mass is 1870 g/mol. The van der Waals surface area contributed by atoms with Gasteiger partial charge in [-0.15, -0.1) is 0 Å². The number of nitrogens with one attached hydrogen (secondary N) is 1. The standard InChI is InChI=1S/2C14H9Br2IO2.C8H6BrIO2.C8H8BrNO2.C8H6BrNO.C2H6.CH4.H3N.Na.H2O/c15-9-2-4-12(17)8(5-9)6-13(18)11-3-1-10(16)7-14(11)19;15-10-2-1-3-12(8-10)19-14(18)7-9-6-11(16)4-5-13(9)17;2*9-6-1-2-7(10)5(3-6)4-8(11)12;9-6-1-2-7-5(3-6)4-8(11)10-7;1-2;;;;/h1-5,7,19H,6H2;1-6,8H,7H2;1-3H,4H2,(H,11,12);1-3H,4,10H2,(H,11,12);1-3H,4H2,(H,10,11);1-2H3;1H4;1H3;;1H2/q;;;;;;;;+1;/p-1. The molecule has 0 aliphatic carbocycles. The Morgan fingerprint density at radius 1 is 0.570 bits per heavy atom. The van der Waals surface area contributed by atoms with Crippen LogP contribution in [-0.2, 0) is 51.3 Å². The van der Waals surface area contributed by atoms with E-state index in [4.69, 9.17) is 20.7 Å². The number of Topliss-reactive ketones (excluding diaryl/α,β-unsaturated/α-hetero) is 1. The fourth-order valence-electron chi connectivity index (χ4n) is 6.15.